The van der Waals surface area contributed by atoms with Crippen molar-refractivity contribution >= 4 is 16.9 Å². The lowest BCUT2D eigenvalue weighted by Gasteiger charge is -2.12. The summed E-state index contributed by atoms with van der Waals surface area (Å²) in [5, 5.41) is 8.07. The number of amidine groups is 1. The Balaban J connectivity index is 1.88. The average molecular weight is 226 g/mol. The molecule has 1 unspecified atom stereocenters. The van der Waals surface area contributed by atoms with Crippen LogP contribution < -0.4 is 5.32 Å². The SMILES string of the molecule is CC(C)C1CSC(=NCc2ncon2)N1. The van der Waals surface area contributed by atoms with E-state index < -0.39 is 0 Å². The van der Waals surface area contributed by atoms with Gasteiger partial charge in [-0.2, -0.15) is 4.98 Å². The summed E-state index contributed by atoms with van der Waals surface area (Å²) in [6.07, 6.45) is 1.32. The Kier molecular flexibility index (Phi) is 3.25. The summed E-state index contributed by atoms with van der Waals surface area (Å²) < 4.78 is 4.63. The molecule has 0 aliphatic carbocycles. The van der Waals surface area contributed by atoms with Crippen molar-refractivity contribution in [3.63, 3.8) is 0 Å². The van der Waals surface area contributed by atoms with E-state index in [-0.39, 0.29) is 0 Å². The van der Waals surface area contributed by atoms with Crippen molar-refractivity contribution in [3.8, 4) is 0 Å². The molecule has 1 aliphatic rings. The molecule has 1 atom stereocenters. The van der Waals surface area contributed by atoms with E-state index >= 15 is 0 Å². The molecule has 0 spiro atoms. The number of rotatable bonds is 3. The first-order valence-electron chi connectivity index (χ1n) is 4.94. The second kappa shape index (κ2) is 4.65. The van der Waals surface area contributed by atoms with E-state index in [0.717, 1.165) is 10.9 Å². The standard InChI is InChI=1S/C9H14N4OS/c1-6(2)7-4-15-9(12-7)10-3-8-11-5-14-13-8/h5-7H,3-4H2,1-2H3,(H,10,12). The monoisotopic (exact) mass is 226 g/mol. The van der Waals surface area contributed by atoms with Gasteiger partial charge in [-0.15, -0.1) is 0 Å². The van der Waals surface area contributed by atoms with Crippen molar-refractivity contribution in [1.82, 2.24) is 15.5 Å². The van der Waals surface area contributed by atoms with Crippen molar-refractivity contribution in [2.75, 3.05) is 5.75 Å². The van der Waals surface area contributed by atoms with Gasteiger partial charge in [-0.3, -0.25) is 4.99 Å². The van der Waals surface area contributed by atoms with E-state index in [1.807, 2.05) is 0 Å². The van der Waals surface area contributed by atoms with Gasteiger partial charge >= 0.3 is 0 Å². The minimum absolute atomic E-state index is 0.483. The maximum absolute atomic E-state index is 4.63. The molecule has 0 radical (unpaired) electrons. The zero-order valence-corrected chi connectivity index (χ0v) is 9.62. The van der Waals surface area contributed by atoms with E-state index in [1.165, 1.54) is 6.39 Å². The summed E-state index contributed by atoms with van der Waals surface area (Å²) in [5.41, 5.74) is 0. The normalized spacial score (nSPS) is 23.7. The molecule has 0 aromatic carbocycles. The predicted octanol–water partition coefficient (Wildman–Crippen LogP) is 1.29. The number of aromatic nitrogens is 2. The first-order chi connectivity index (χ1) is 7.25. The van der Waals surface area contributed by atoms with Crippen LogP contribution in [-0.4, -0.2) is 27.1 Å². The number of hydrogen-bond donors (Lipinski definition) is 1. The van der Waals surface area contributed by atoms with E-state index in [2.05, 4.69) is 38.8 Å². The van der Waals surface area contributed by atoms with Crippen LogP contribution in [0.1, 0.15) is 19.7 Å². The highest BCUT2D eigenvalue weighted by atomic mass is 32.2. The smallest absolute Gasteiger partial charge is 0.213 e. The van der Waals surface area contributed by atoms with Crippen molar-refractivity contribution in [2.45, 2.75) is 26.4 Å². The van der Waals surface area contributed by atoms with Crippen LogP contribution in [0.3, 0.4) is 0 Å². The Bertz CT molecular complexity index is 336. The molecular weight excluding hydrogens is 212 g/mol. The predicted molar refractivity (Wildman–Crippen MR) is 59.7 cm³/mol. The lowest BCUT2D eigenvalue weighted by atomic mass is 10.1. The zero-order chi connectivity index (χ0) is 10.7. The largest absolute Gasteiger partial charge is 0.361 e. The van der Waals surface area contributed by atoms with Crippen LogP contribution in [-0.2, 0) is 6.54 Å². The van der Waals surface area contributed by atoms with Crippen LogP contribution in [0.2, 0.25) is 0 Å². The zero-order valence-electron chi connectivity index (χ0n) is 8.80. The molecule has 0 saturated carbocycles. The highest BCUT2D eigenvalue weighted by Gasteiger charge is 2.22. The fraction of sp³-hybridized carbons (Fsp3) is 0.667. The fourth-order valence-electron chi connectivity index (χ4n) is 1.27. The van der Waals surface area contributed by atoms with Crippen LogP contribution in [0.25, 0.3) is 0 Å². The number of thioether (sulfide) groups is 1. The van der Waals surface area contributed by atoms with Crippen LogP contribution in [0.5, 0.6) is 0 Å². The van der Waals surface area contributed by atoms with Gasteiger partial charge in [0.05, 0.1) is 0 Å². The second-order valence-corrected chi connectivity index (χ2v) is 4.78. The van der Waals surface area contributed by atoms with Gasteiger partial charge < -0.3 is 9.84 Å². The van der Waals surface area contributed by atoms with Crippen LogP contribution in [0.4, 0.5) is 0 Å². The van der Waals surface area contributed by atoms with E-state index in [4.69, 9.17) is 0 Å². The topological polar surface area (TPSA) is 63.3 Å². The van der Waals surface area contributed by atoms with Crippen LogP contribution in [0.15, 0.2) is 15.9 Å². The minimum Gasteiger partial charge on any atom is -0.361 e. The molecule has 15 heavy (non-hydrogen) atoms. The maximum Gasteiger partial charge on any atom is 0.213 e. The summed E-state index contributed by atoms with van der Waals surface area (Å²) in [6, 6.07) is 0.527. The van der Waals surface area contributed by atoms with Gasteiger partial charge in [-0.1, -0.05) is 30.8 Å². The van der Waals surface area contributed by atoms with Crippen molar-refractivity contribution in [3.05, 3.63) is 12.2 Å². The first-order valence-corrected chi connectivity index (χ1v) is 5.93. The van der Waals surface area contributed by atoms with Crippen LogP contribution in [0, 0.1) is 5.92 Å². The van der Waals surface area contributed by atoms with Gasteiger partial charge in [0.1, 0.15) is 6.54 Å². The molecule has 6 heteroatoms. The molecule has 0 amide bonds. The lowest BCUT2D eigenvalue weighted by molar-refractivity contribution is 0.410. The number of nitrogens with one attached hydrogen (secondary N) is 1. The number of aliphatic imine (C=N–C) groups is 1. The van der Waals surface area contributed by atoms with E-state index in [9.17, 15) is 0 Å². The Morgan fingerprint density at radius 2 is 2.60 bits per heavy atom. The van der Waals surface area contributed by atoms with E-state index in [0.29, 0.717) is 24.3 Å². The number of nitrogens with zero attached hydrogens (tertiary/aromatic N) is 3. The van der Waals surface area contributed by atoms with Gasteiger partial charge in [-0.05, 0) is 5.92 Å². The third kappa shape index (κ3) is 2.71. The summed E-state index contributed by atoms with van der Waals surface area (Å²) >= 11 is 1.75. The Morgan fingerprint density at radius 1 is 1.73 bits per heavy atom. The number of hydrogen-bond acceptors (Lipinski definition) is 5. The molecule has 2 rings (SSSR count). The summed E-state index contributed by atoms with van der Waals surface area (Å²) in [7, 11) is 0. The molecule has 1 fully saturated rings. The minimum atomic E-state index is 0.483. The van der Waals surface area contributed by atoms with Gasteiger partial charge in [0.2, 0.25) is 6.39 Å². The lowest BCUT2D eigenvalue weighted by Crippen LogP contribution is -2.31. The molecular formula is C9H14N4OS. The van der Waals surface area contributed by atoms with Crippen LogP contribution >= 0.6 is 11.8 Å². The Labute approximate surface area is 92.7 Å². The van der Waals surface area contributed by atoms with Gasteiger partial charge in [0.25, 0.3) is 0 Å². The van der Waals surface area contributed by atoms with Gasteiger partial charge in [0, 0.05) is 11.8 Å². The summed E-state index contributed by atoms with van der Waals surface area (Å²) in [4.78, 5) is 8.29. The molecule has 82 valence electrons. The van der Waals surface area contributed by atoms with Crippen molar-refractivity contribution < 1.29 is 4.52 Å². The summed E-state index contributed by atoms with van der Waals surface area (Å²) in [6.45, 7) is 4.90. The van der Waals surface area contributed by atoms with E-state index in [1.54, 1.807) is 11.8 Å². The fourth-order valence-corrected chi connectivity index (χ4v) is 2.46. The maximum atomic E-state index is 4.63. The third-order valence-corrected chi connectivity index (χ3v) is 3.33. The van der Waals surface area contributed by atoms with Gasteiger partial charge in [-0.25, -0.2) is 0 Å². The van der Waals surface area contributed by atoms with Gasteiger partial charge in [0.15, 0.2) is 11.0 Å². The molecule has 2 heterocycles. The molecule has 5 nitrogen and oxygen atoms in total. The average Bonchev–Trinajstić information content (AvgIpc) is 2.86. The third-order valence-electron chi connectivity index (χ3n) is 2.28. The summed E-state index contributed by atoms with van der Waals surface area (Å²) in [5.74, 6) is 2.34. The molecule has 1 aromatic heterocycles. The second-order valence-electron chi connectivity index (χ2n) is 3.77. The first kappa shape index (κ1) is 10.5. The van der Waals surface area contributed by atoms with Crippen molar-refractivity contribution in [1.29, 1.82) is 0 Å². The van der Waals surface area contributed by atoms with Crippen molar-refractivity contribution in [2.24, 2.45) is 10.9 Å². The molecule has 1 N–H and O–H groups in total. The molecule has 1 saturated heterocycles. The molecule has 0 bridgehead atoms. The quantitative estimate of drug-likeness (QED) is 0.841. The Hall–Kier alpha value is -1.04. The highest BCUT2D eigenvalue weighted by molar-refractivity contribution is 8.14. The molecule has 1 aliphatic heterocycles. The highest BCUT2D eigenvalue weighted by Crippen LogP contribution is 2.19. The Morgan fingerprint density at radius 3 is 3.20 bits per heavy atom. The molecule has 1 aromatic rings.